The highest BCUT2D eigenvalue weighted by atomic mass is 16.8. The third-order valence-electron chi connectivity index (χ3n) is 19.1. The number of fused-ring (bicyclic) bond motifs is 7. The fourth-order valence-corrected chi connectivity index (χ4v) is 14.8. The topological polar surface area (TPSA) is 275 Å². The lowest BCUT2D eigenvalue weighted by molar-refractivity contribution is -0.381. The van der Waals surface area contributed by atoms with Crippen LogP contribution in [0, 0.1) is 50.2 Å². The molecular formula is C47H76O17. The van der Waals surface area contributed by atoms with Crippen molar-refractivity contribution in [2.45, 2.75) is 205 Å². The minimum Gasteiger partial charge on any atom is -0.481 e. The molecule has 0 amide bonds. The summed E-state index contributed by atoms with van der Waals surface area (Å²) in [5.41, 5.74) is -0.704. The summed E-state index contributed by atoms with van der Waals surface area (Å²) in [5.74, 6) is -0.441. The molecule has 23 atom stereocenters. The van der Waals surface area contributed by atoms with Gasteiger partial charge in [-0.3, -0.25) is 4.79 Å². The molecule has 0 bridgehead atoms. The first-order chi connectivity index (χ1) is 29.9. The van der Waals surface area contributed by atoms with Crippen LogP contribution in [0.3, 0.4) is 0 Å². The summed E-state index contributed by atoms with van der Waals surface area (Å²) < 4.78 is 36.5. The van der Waals surface area contributed by atoms with Crippen molar-refractivity contribution in [2.75, 3.05) is 19.8 Å². The molecule has 0 radical (unpaired) electrons. The van der Waals surface area contributed by atoms with E-state index in [1.54, 1.807) is 0 Å². The Morgan fingerprint density at radius 1 is 0.719 bits per heavy atom. The summed E-state index contributed by atoms with van der Waals surface area (Å²) >= 11 is 0. The molecule has 17 nitrogen and oxygen atoms in total. The van der Waals surface area contributed by atoms with Crippen LogP contribution >= 0.6 is 0 Å². The average Bonchev–Trinajstić information content (AvgIpc) is 3.24. The second-order valence-electron chi connectivity index (χ2n) is 22.9. The van der Waals surface area contributed by atoms with Crippen LogP contribution in [0.25, 0.3) is 0 Å². The summed E-state index contributed by atoms with van der Waals surface area (Å²) in [7, 11) is 0. The molecule has 2 unspecified atom stereocenters. The maximum absolute atomic E-state index is 13.1. The lowest BCUT2D eigenvalue weighted by atomic mass is 9.33. The van der Waals surface area contributed by atoms with Gasteiger partial charge in [-0.05, 0) is 111 Å². The van der Waals surface area contributed by atoms with E-state index >= 15 is 0 Å². The zero-order chi connectivity index (χ0) is 46.7. The van der Waals surface area contributed by atoms with Gasteiger partial charge in [0.1, 0.15) is 61.0 Å². The summed E-state index contributed by atoms with van der Waals surface area (Å²) in [4.78, 5) is 13.1. The largest absolute Gasteiger partial charge is 0.481 e. The van der Waals surface area contributed by atoms with Crippen LogP contribution in [0.4, 0.5) is 0 Å². The number of hydrogen-bond donors (Lipinski definition) is 10. The lowest BCUT2D eigenvalue weighted by Gasteiger charge is -2.71. The van der Waals surface area contributed by atoms with Crippen molar-refractivity contribution in [3.63, 3.8) is 0 Å². The molecule has 5 aliphatic carbocycles. The van der Waals surface area contributed by atoms with Crippen LogP contribution in [0.15, 0.2) is 11.6 Å². The first-order valence-electron chi connectivity index (χ1n) is 23.7. The van der Waals surface area contributed by atoms with Crippen molar-refractivity contribution < 1.29 is 84.3 Å². The van der Waals surface area contributed by atoms with E-state index in [2.05, 4.69) is 40.7 Å². The highest BCUT2D eigenvalue weighted by molar-refractivity contribution is 5.76. The molecule has 8 rings (SSSR count). The van der Waals surface area contributed by atoms with E-state index in [1.807, 2.05) is 6.92 Å². The molecule has 0 aromatic carbocycles. The molecular weight excluding hydrogens is 837 g/mol. The van der Waals surface area contributed by atoms with E-state index in [1.165, 1.54) is 12.5 Å². The summed E-state index contributed by atoms with van der Waals surface area (Å²) in [6.45, 7) is 14.0. The second-order valence-corrected chi connectivity index (χ2v) is 22.9. The van der Waals surface area contributed by atoms with Crippen LogP contribution in [-0.4, -0.2) is 169 Å². The SMILES string of the molecule is C[C@@H]1O[C@@H](O[C@H]2[C@H](O[C@H]3CC[C@@]4(C)C(CC[C@]5(C)C4CC=C4[C@@H]6CC(C)(C)CC[C@]6(C(=O)O)CC[C@]45C)[C@]3(C)CO)OC[C@H](O[C@H]3O[C@H](CO)[C@H](O)[C@@H](O)[C@H]3O)[C@@H]2O)[C@H](O)[C@H](O)[C@H]1O. The third-order valence-corrected chi connectivity index (χ3v) is 19.1. The minimum atomic E-state index is -1.77. The van der Waals surface area contributed by atoms with E-state index < -0.39 is 116 Å². The molecule has 17 heteroatoms. The number of aliphatic hydroxyl groups excluding tert-OH is 9. The van der Waals surface area contributed by atoms with Gasteiger partial charge in [0.2, 0.25) is 0 Å². The Balaban J connectivity index is 1.05. The molecule has 3 heterocycles. The van der Waals surface area contributed by atoms with Gasteiger partial charge in [0.15, 0.2) is 18.9 Å². The van der Waals surface area contributed by atoms with E-state index in [4.69, 9.17) is 28.4 Å². The first kappa shape index (κ1) is 49.0. The van der Waals surface area contributed by atoms with Gasteiger partial charge >= 0.3 is 5.97 Å². The standard InChI is InChI=1S/C47H76O17/c1-22-30(50)33(53)35(55)38(60-22)64-37-32(52)26(62-39-36(56)34(54)31(51)25(19-48)61-39)20-59-40(37)63-29-11-12-43(4)27(44(29,5)21-49)10-13-46(7)28(43)9-8-23-24-18-42(2,3)14-16-47(24,41(57)58)17-15-45(23,46)6/h8,22,24-40,48-56H,9-21H2,1-7H3,(H,57,58)/t22-,24-,25+,26-,27?,28?,29-,30-,31-,32-,33+,34+,35+,36+,37+,38-,39+,40-,43-,44-,45+,46+,47-/m0/s1. The molecule has 0 spiro atoms. The van der Waals surface area contributed by atoms with Gasteiger partial charge in [-0.2, -0.15) is 0 Å². The zero-order valence-electron chi connectivity index (χ0n) is 38.5. The minimum absolute atomic E-state index is 0.00757. The maximum atomic E-state index is 13.1. The molecule has 3 aliphatic heterocycles. The molecule has 4 saturated carbocycles. The van der Waals surface area contributed by atoms with E-state index in [9.17, 15) is 55.9 Å². The van der Waals surface area contributed by atoms with E-state index in [-0.39, 0.29) is 52.6 Å². The predicted octanol–water partition coefficient (Wildman–Crippen LogP) is 1.35. The number of carboxylic acids is 1. The molecule has 0 aromatic rings. The van der Waals surface area contributed by atoms with Gasteiger partial charge in [0.05, 0.1) is 37.4 Å². The Morgan fingerprint density at radius 3 is 2.03 bits per heavy atom. The van der Waals surface area contributed by atoms with Crippen LogP contribution in [0.1, 0.15) is 113 Å². The predicted molar refractivity (Wildman–Crippen MR) is 225 cm³/mol. The molecule has 10 N–H and O–H groups in total. The highest BCUT2D eigenvalue weighted by Crippen LogP contribution is 2.76. The first-order valence-corrected chi connectivity index (χ1v) is 23.7. The van der Waals surface area contributed by atoms with Gasteiger partial charge < -0.3 is 79.5 Å². The smallest absolute Gasteiger partial charge is 0.310 e. The number of hydrogen-bond acceptors (Lipinski definition) is 16. The van der Waals surface area contributed by atoms with Crippen LogP contribution in [0.2, 0.25) is 0 Å². The number of ether oxygens (including phenoxy) is 6. The highest BCUT2D eigenvalue weighted by Gasteiger charge is 2.70. The molecule has 7 fully saturated rings. The lowest BCUT2D eigenvalue weighted by Crippen LogP contribution is -2.67. The summed E-state index contributed by atoms with van der Waals surface area (Å²) in [6, 6.07) is 0. The Labute approximate surface area is 376 Å². The van der Waals surface area contributed by atoms with Gasteiger partial charge in [-0.15, -0.1) is 0 Å². The molecule has 8 aliphatic rings. The zero-order valence-corrected chi connectivity index (χ0v) is 38.5. The monoisotopic (exact) mass is 913 g/mol. The van der Waals surface area contributed by atoms with E-state index in [0.29, 0.717) is 19.3 Å². The summed E-state index contributed by atoms with van der Waals surface area (Å²) in [6.07, 6.45) is -11.7. The van der Waals surface area contributed by atoms with Crippen LogP contribution in [-0.2, 0) is 33.2 Å². The number of rotatable bonds is 9. The van der Waals surface area contributed by atoms with Crippen molar-refractivity contribution in [3.05, 3.63) is 11.6 Å². The van der Waals surface area contributed by atoms with Crippen molar-refractivity contribution >= 4 is 5.97 Å². The maximum Gasteiger partial charge on any atom is 0.310 e. The average molecular weight is 913 g/mol. The van der Waals surface area contributed by atoms with Gasteiger partial charge in [0.25, 0.3) is 0 Å². The second kappa shape index (κ2) is 17.2. The number of allylic oxidation sites excluding steroid dienone is 2. The number of carbonyl (C=O) groups is 1. The van der Waals surface area contributed by atoms with E-state index in [0.717, 1.165) is 44.9 Å². The Kier molecular flexibility index (Phi) is 13.2. The quantitative estimate of drug-likeness (QED) is 0.116. The third kappa shape index (κ3) is 7.49. The molecule has 366 valence electrons. The number of aliphatic hydroxyl groups is 9. The molecule has 3 saturated heterocycles. The van der Waals surface area contributed by atoms with Crippen molar-refractivity contribution in [3.8, 4) is 0 Å². The van der Waals surface area contributed by atoms with Gasteiger partial charge in [-0.1, -0.05) is 53.2 Å². The summed E-state index contributed by atoms with van der Waals surface area (Å²) in [5, 5.41) is 108. The van der Waals surface area contributed by atoms with Gasteiger partial charge in [0, 0.05) is 5.41 Å². The van der Waals surface area contributed by atoms with Crippen LogP contribution < -0.4 is 0 Å². The molecule has 0 aromatic heterocycles. The van der Waals surface area contributed by atoms with Crippen molar-refractivity contribution in [1.29, 1.82) is 0 Å². The van der Waals surface area contributed by atoms with Gasteiger partial charge in [-0.25, -0.2) is 0 Å². The molecule has 64 heavy (non-hydrogen) atoms. The fraction of sp³-hybridized carbons (Fsp3) is 0.936. The Morgan fingerprint density at radius 2 is 1.38 bits per heavy atom. The Bertz CT molecular complexity index is 1750. The number of carboxylic acid groups (broad SMARTS) is 1. The van der Waals surface area contributed by atoms with Crippen molar-refractivity contribution in [2.24, 2.45) is 50.2 Å². The fourth-order valence-electron chi connectivity index (χ4n) is 14.8. The Hall–Kier alpha value is -1.39. The normalized spacial score (nSPS) is 55.0. The van der Waals surface area contributed by atoms with Crippen LogP contribution in [0.5, 0.6) is 0 Å². The van der Waals surface area contributed by atoms with Crippen molar-refractivity contribution in [1.82, 2.24) is 0 Å². The number of aliphatic carboxylic acids is 1.